The number of nitrogens with zero attached hydrogens (tertiary/aromatic N) is 3. The van der Waals surface area contributed by atoms with Gasteiger partial charge in [0.15, 0.2) is 0 Å². The third kappa shape index (κ3) is 3.12. The minimum Gasteiger partial charge on any atom is -0.318 e. The molecular weight excluding hydrogens is 296 g/mol. The van der Waals surface area contributed by atoms with Crippen molar-refractivity contribution in [3.8, 4) is 0 Å². The fourth-order valence-corrected chi connectivity index (χ4v) is 2.95. The summed E-state index contributed by atoms with van der Waals surface area (Å²) in [6.07, 6.45) is 6.51. The van der Waals surface area contributed by atoms with E-state index in [-0.39, 0.29) is 5.91 Å². The molecule has 5 nitrogen and oxygen atoms in total. The predicted octanol–water partition coefficient (Wildman–Crippen LogP) is 2.28. The van der Waals surface area contributed by atoms with Gasteiger partial charge >= 0.3 is 0 Å². The zero-order chi connectivity index (χ0) is 15.4. The van der Waals surface area contributed by atoms with Gasteiger partial charge in [-0.25, -0.2) is 5.43 Å². The average molecular weight is 310 g/mol. The Bertz CT molecular complexity index is 893. The number of hydrogen-bond acceptors (Lipinski definition) is 4. The number of carbonyl (C=O) groups excluding carboxylic acids is 1. The van der Waals surface area contributed by atoms with Crippen molar-refractivity contribution in [1.82, 2.24) is 15.0 Å². The average Bonchev–Trinajstić information content (AvgIpc) is 2.88. The molecule has 0 aliphatic carbocycles. The second-order valence-electron chi connectivity index (χ2n) is 4.62. The van der Waals surface area contributed by atoms with Crippen LogP contribution >= 0.6 is 11.3 Å². The van der Waals surface area contributed by atoms with Crippen LogP contribution < -0.4 is 10.2 Å². The lowest BCUT2D eigenvalue weighted by Gasteiger charge is -1.95. The molecule has 0 unspecified atom stereocenters. The molecule has 110 valence electrons. The number of rotatable bonds is 3. The molecule has 0 saturated carbocycles. The van der Waals surface area contributed by atoms with Gasteiger partial charge in [0.05, 0.1) is 10.2 Å². The van der Waals surface area contributed by atoms with Crippen LogP contribution in [0.3, 0.4) is 0 Å². The third-order valence-electron chi connectivity index (χ3n) is 3.09. The first-order chi connectivity index (χ1) is 10.7. The van der Waals surface area contributed by atoms with E-state index in [1.807, 2.05) is 48.0 Å². The lowest BCUT2D eigenvalue weighted by molar-refractivity contribution is -0.116. The molecule has 0 spiro atoms. The van der Waals surface area contributed by atoms with Crippen LogP contribution in [-0.2, 0) is 11.8 Å². The summed E-state index contributed by atoms with van der Waals surface area (Å²) in [5.41, 5.74) is 4.49. The minimum absolute atomic E-state index is 0.277. The molecule has 0 atom stereocenters. The number of nitrogens with one attached hydrogen (secondary N) is 1. The van der Waals surface area contributed by atoms with E-state index < -0.39 is 0 Å². The minimum atomic E-state index is -0.277. The summed E-state index contributed by atoms with van der Waals surface area (Å²) in [7, 11) is 1.93. The van der Waals surface area contributed by atoms with E-state index in [1.54, 1.807) is 18.5 Å². The Kier molecular flexibility index (Phi) is 4.11. The Morgan fingerprint density at radius 2 is 2.18 bits per heavy atom. The van der Waals surface area contributed by atoms with Gasteiger partial charge in [0.2, 0.25) is 4.80 Å². The van der Waals surface area contributed by atoms with Crippen LogP contribution in [0.4, 0.5) is 0 Å². The summed E-state index contributed by atoms with van der Waals surface area (Å²) in [5, 5.41) is 4.17. The molecule has 1 N–H and O–H groups in total. The van der Waals surface area contributed by atoms with Crippen LogP contribution in [0.5, 0.6) is 0 Å². The van der Waals surface area contributed by atoms with Crippen molar-refractivity contribution in [2.75, 3.05) is 0 Å². The molecule has 1 amide bonds. The first-order valence-electron chi connectivity index (χ1n) is 6.70. The molecule has 3 rings (SSSR count). The molecule has 0 bridgehead atoms. The molecule has 6 heteroatoms. The van der Waals surface area contributed by atoms with E-state index in [2.05, 4.69) is 15.5 Å². The van der Waals surface area contributed by atoms with Crippen molar-refractivity contribution < 1.29 is 4.79 Å². The molecule has 22 heavy (non-hydrogen) atoms. The summed E-state index contributed by atoms with van der Waals surface area (Å²) in [6, 6.07) is 11.7. The van der Waals surface area contributed by atoms with Crippen LogP contribution in [0.2, 0.25) is 0 Å². The van der Waals surface area contributed by atoms with Crippen molar-refractivity contribution in [3.63, 3.8) is 0 Å². The number of para-hydroxylation sites is 1. The zero-order valence-corrected chi connectivity index (χ0v) is 12.7. The molecule has 3 aromatic rings. The topological polar surface area (TPSA) is 59.3 Å². The maximum absolute atomic E-state index is 11.8. The lowest BCUT2D eigenvalue weighted by Crippen LogP contribution is -2.21. The smallest absolute Gasteiger partial charge is 0.264 e. The van der Waals surface area contributed by atoms with Crippen LogP contribution in [0.15, 0.2) is 60.0 Å². The van der Waals surface area contributed by atoms with Crippen molar-refractivity contribution >= 4 is 33.5 Å². The normalized spacial score (nSPS) is 12.1. The number of thiazole rings is 1. The highest BCUT2D eigenvalue weighted by Crippen LogP contribution is 2.14. The van der Waals surface area contributed by atoms with Gasteiger partial charge in [-0.05, 0) is 29.8 Å². The summed E-state index contributed by atoms with van der Waals surface area (Å²) in [6.45, 7) is 0. The molecular formula is C16H14N4OS. The fraction of sp³-hybridized carbons (Fsp3) is 0.0625. The molecule has 2 aromatic heterocycles. The number of carbonyl (C=O) groups is 1. The van der Waals surface area contributed by atoms with Crippen LogP contribution in [0, 0.1) is 0 Å². The van der Waals surface area contributed by atoms with E-state index in [4.69, 9.17) is 0 Å². The van der Waals surface area contributed by atoms with Crippen LogP contribution in [0.1, 0.15) is 5.56 Å². The Morgan fingerprint density at radius 1 is 1.32 bits per heavy atom. The third-order valence-corrected chi connectivity index (χ3v) is 4.20. The van der Waals surface area contributed by atoms with E-state index in [1.165, 1.54) is 17.4 Å². The number of aryl methyl sites for hydroxylation is 1. The number of aromatic nitrogens is 2. The molecule has 0 fully saturated rings. The first-order valence-corrected chi connectivity index (χ1v) is 7.52. The van der Waals surface area contributed by atoms with Crippen LogP contribution in [-0.4, -0.2) is 15.5 Å². The van der Waals surface area contributed by atoms with Gasteiger partial charge in [0, 0.05) is 25.5 Å². The fourth-order valence-electron chi connectivity index (χ4n) is 1.97. The molecule has 0 saturated heterocycles. The van der Waals surface area contributed by atoms with Gasteiger partial charge < -0.3 is 4.57 Å². The first kappa shape index (κ1) is 14.2. The number of pyridine rings is 1. The van der Waals surface area contributed by atoms with Gasteiger partial charge in [-0.15, -0.1) is 5.10 Å². The Labute approximate surface area is 131 Å². The maximum Gasteiger partial charge on any atom is 0.264 e. The van der Waals surface area contributed by atoms with E-state index in [0.717, 1.165) is 20.6 Å². The van der Waals surface area contributed by atoms with Crippen molar-refractivity contribution in [1.29, 1.82) is 0 Å². The van der Waals surface area contributed by atoms with E-state index >= 15 is 0 Å². The number of fused-ring (bicyclic) bond motifs is 1. The van der Waals surface area contributed by atoms with Crippen molar-refractivity contribution in [2.45, 2.75) is 0 Å². The summed E-state index contributed by atoms with van der Waals surface area (Å²) in [4.78, 5) is 16.5. The monoisotopic (exact) mass is 310 g/mol. The maximum atomic E-state index is 11.8. The van der Waals surface area contributed by atoms with Gasteiger partial charge in [0.25, 0.3) is 5.91 Å². The second-order valence-corrected chi connectivity index (χ2v) is 5.63. The SMILES string of the molecule is Cn1/c(=N\NC(=O)/C=C/c2cccnc2)sc2ccccc21. The number of hydrogen-bond donors (Lipinski definition) is 1. The largest absolute Gasteiger partial charge is 0.318 e. The predicted molar refractivity (Wildman–Crippen MR) is 87.8 cm³/mol. The van der Waals surface area contributed by atoms with Gasteiger partial charge in [-0.3, -0.25) is 9.78 Å². The second kappa shape index (κ2) is 6.36. The molecule has 0 aliphatic heterocycles. The molecule has 2 heterocycles. The highest BCUT2D eigenvalue weighted by molar-refractivity contribution is 7.16. The van der Waals surface area contributed by atoms with E-state index in [9.17, 15) is 4.79 Å². The van der Waals surface area contributed by atoms with Crippen molar-refractivity contribution in [2.24, 2.45) is 12.1 Å². The standard InChI is InChI=1S/C16H14N4OS/c1-20-13-6-2-3-7-14(13)22-16(20)19-18-15(21)9-8-12-5-4-10-17-11-12/h2-11H,1H3,(H,18,21)/b9-8+,19-16+. The summed E-state index contributed by atoms with van der Waals surface area (Å²) < 4.78 is 3.08. The van der Waals surface area contributed by atoms with Gasteiger partial charge in [-0.2, -0.15) is 0 Å². The Hall–Kier alpha value is -2.73. The van der Waals surface area contributed by atoms with Crippen LogP contribution in [0.25, 0.3) is 16.3 Å². The molecule has 1 aromatic carbocycles. The lowest BCUT2D eigenvalue weighted by atomic mass is 10.2. The van der Waals surface area contributed by atoms with Crippen molar-refractivity contribution in [3.05, 3.63) is 65.2 Å². The Balaban J connectivity index is 1.76. The summed E-state index contributed by atoms with van der Waals surface area (Å²) >= 11 is 1.53. The number of benzene rings is 1. The number of amides is 1. The Morgan fingerprint density at radius 3 is 2.95 bits per heavy atom. The zero-order valence-electron chi connectivity index (χ0n) is 11.9. The highest BCUT2D eigenvalue weighted by Gasteiger charge is 2.01. The summed E-state index contributed by atoms with van der Waals surface area (Å²) in [5.74, 6) is -0.277. The molecule has 0 radical (unpaired) electrons. The highest BCUT2D eigenvalue weighted by atomic mass is 32.1. The van der Waals surface area contributed by atoms with Gasteiger partial charge in [-0.1, -0.05) is 29.5 Å². The quantitative estimate of drug-likeness (QED) is 0.596. The van der Waals surface area contributed by atoms with Gasteiger partial charge in [0.1, 0.15) is 0 Å². The van der Waals surface area contributed by atoms with E-state index in [0.29, 0.717) is 0 Å². The molecule has 0 aliphatic rings.